The fourth-order valence-corrected chi connectivity index (χ4v) is 3.04. The predicted octanol–water partition coefficient (Wildman–Crippen LogP) is 2.61. The summed E-state index contributed by atoms with van der Waals surface area (Å²) in [4.78, 5) is 6.84. The molecule has 2 atom stereocenters. The molecule has 1 fully saturated rings. The Hall–Kier alpha value is -1.58. The Morgan fingerprint density at radius 1 is 1.42 bits per heavy atom. The monoisotopic (exact) mass is 260 g/mol. The van der Waals surface area contributed by atoms with Crippen LogP contribution in [-0.4, -0.2) is 23.4 Å². The Kier molecular flexibility index (Phi) is 3.78. The van der Waals surface area contributed by atoms with Gasteiger partial charge < -0.3 is 10.6 Å². The van der Waals surface area contributed by atoms with Gasteiger partial charge in [0, 0.05) is 18.3 Å². The quantitative estimate of drug-likeness (QED) is 0.634. The van der Waals surface area contributed by atoms with Crippen LogP contribution in [0, 0.1) is 25.2 Å². The molecule has 104 valence electrons. The average molecular weight is 260 g/mol. The smallest absolute Gasteiger partial charge is 0.126 e. The van der Waals surface area contributed by atoms with Crippen LogP contribution in [-0.2, 0) is 0 Å². The number of hydrogen-bond donors (Lipinski definition) is 2. The summed E-state index contributed by atoms with van der Waals surface area (Å²) in [5, 5.41) is 7.83. The van der Waals surface area contributed by atoms with E-state index in [9.17, 15) is 0 Å². The molecule has 1 aromatic rings. The molecule has 0 radical (unpaired) electrons. The second kappa shape index (κ2) is 5.19. The lowest BCUT2D eigenvalue weighted by atomic mass is 9.91. The van der Waals surface area contributed by atoms with Crippen LogP contribution < -0.4 is 10.6 Å². The van der Waals surface area contributed by atoms with Crippen molar-refractivity contribution in [3.63, 3.8) is 0 Å². The molecular formula is C15H24N4. The number of aromatic nitrogens is 1. The van der Waals surface area contributed by atoms with Crippen LogP contribution in [0.2, 0.25) is 0 Å². The number of rotatable bonds is 2. The number of pyridine rings is 1. The molecule has 19 heavy (non-hydrogen) atoms. The van der Waals surface area contributed by atoms with Gasteiger partial charge in [-0.2, -0.15) is 0 Å². The number of nitrogens with zero attached hydrogens (tertiary/aromatic N) is 2. The second-order valence-electron chi connectivity index (χ2n) is 5.71. The minimum atomic E-state index is 0.116. The first-order valence-electron chi connectivity index (χ1n) is 7.01. The van der Waals surface area contributed by atoms with Crippen molar-refractivity contribution in [1.29, 1.82) is 5.41 Å². The average Bonchev–Trinajstić information content (AvgIpc) is 2.31. The summed E-state index contributed by atoms with van der Waals surface area (Å²) >= 11 is 0. The van der Waals surface area contributed by atoms with Gasteiger partial charge >= 0.3 is 0 Å². The highest BCUT2D eigenvalue weighted by Gasteiger charge is 2.27. The van der Waals surface area contributed by atoms with E-state index in [1.807, 2.05) is 13.8 Å². The summed E-state index contributed by atoms with van der Waals surface area (Å²) < 4.78 is 0. The predicted molar refractivity (Wildman–Crippen MR) is 79.9 cm³/mol. The highest BCUT2D eigenvalue weighted by Crippen LogP contribution is 2.32. The second-order valence-corrected chi connectivity index (χ2v) is 5.71. The Morgan fingerprint density at radius 2 is 2.11 bits per heavy atom. The number of nitrogens with two attached hydrogens (primary N) is 1. The van der Waals surface area contributed by atoms with Crippen molar-refractivity contribution in [2.75, 3.05) is 11.4 Å². The summed E-state index contributed by atoms with van der Waals surface area (Å²) in [6, 6.07) is 2.55. The summed E-state index contributed by atoms with van der Waals surface area (Å²) in [7, 11) is 0. The van der Waals surface area contributed by atoms with Gasteiger partial charge in [0.15, 0.2) is 0 Å². The van der Waals surface area contributed by atoms with Crippen molar-refractivity contribution >= 4 is 11.5 Å². The number of piperidine rings is 1. The Labute approximate surface area is 115 Å². The van der Waals surface area contributed by atoms with E-state index in [4.69, 9.17) is 11.1 Å². The molecule has 4 heteroatoms. The maximum absolute atomic E-state index is 7.83. The minimum absolute atomic E-state index is 0.116. The van der Waals surface area contributed by atoms with Gasteiger partial charge in [0.25, 0.3) is 0 Å². The molecule has 1 saturated heterocycles. The lowest BCUT2D eigenvalue weighted by molar-refractivity contribution is 0.363. The summed E-state index contributed by atoms with van der Waals surface area (Å²) in [5.41, 5.74) is 9.49. The molecule has 1 aromatic heterocycles. The van der Waals surface area contributed by atoms with Gasteiger partial charge in [0.2, 0.25) is 0 Å². The fourth-order valence-electron chi connectivity index (χ4n) is 3.04. The first-order valence-corrected chi connectivity index (χ1v) is 7.01. The molecule has 0 aromatic carbocycles. The minimum Gasteiger partial charge on any atom is -0.384 e. The van der Waals surface area contributed by atoms with Gasteiger partial charge in [-0.15, -0.1) is 0 Å². The third-order valence-corrected chi connectivity index (χ3v) is 4.26. The number of nitrogens with one attached hydrogen (secondary N) is 1. The molecule has 3 N–H and O–H groups in total. The first-order chi connectivity index (χ1) is 8.91. The van der Waals surface area contributed by atoms with E-state index in [2.05, 4.69) is 29.8 Å². The Bertz CT molecular complexity index is 495. The molecule has 4 nitrogen and oxygen atoms in total. The number of anilines is 1. The van der Waals surface area contributed by atoms with Crippen LogP contribution in [0.4, 0.5) is 5.69 Å². The molecule has 0 saturated carbocycles. The fraction of sp³-hybridized carbons (Fsp3) is 0.600. The van der Waals surface area contributed by atoms with E-state index < -0.39 is 0 Å². The van der Waals surface area contributed by atoms with E-state index in [0.717, 1.165) is 29.2 Å². The lowest BCUT2D eigenvalue weighted by Crippen LogP contribution is -2.43. The maximum Gasteiger partial charge on any atom is 0.126 e. The van der Waals surface area contributed by atoms with Crippen LogP contribution in [0.15, 0.2) is 6.07 Å². The van der Waals surface area contributed by atoms with Gasteiger partial charge in [0.05, 0.1) is 16.9 Å². The summed E-state index contributed by atoms with van der Waals surface area (Å²) in [5.74, 6) is 0.785. The summed E-state index contributed by atoms with van der Waals surface area (Å²) in [6.07, 6.45) is 2.47. The van der Waals surface area contributed by atoms with E-state index >= 15 is 0 Å². The molecule has 0 amide bonds. The van der Waals surface area contributed by atoms with Crippen LogP contribution >= 0.6 is 0 Å². The number of hydrogen-bond acceptors (Lipinski definition) is 3. The topological polar surface area (TPSA) is 66.0 Å². The van der Waals surface area contributed by atoms with Gasteiger partial charge in [0.1, 0.15) is 5.84 Å². The highest BCUT2D eigenvalue weighted by atomic mass is 15.2. The number of amidine groups is 1. The van der Waals surface area contributed by atoms with Crippen molar-refractivity contribution in [3.8, 4) is 0 Å². The van der Waals surface area contributed by atoms with Crippen molar-refractivity contribution in [1.82, 2.24) is 4.98 Å². The molecule has 2 unspecified atom stereocenters. The van der Waals surface area contributed by atoms with Crippen molar-refractivity contribution in [2.45, 2.75) is 46.6 Å². The molecule has 1 aliphatic heterocycles. The van der Waals surface area contributed by atoms with Crippen molar-refractivity contribution < 1.29 is 0 Å². The molecule has 1 aliphatic rings. The van der Waals surface area contributed by atoms with Crippen molar-refractivity contribution in [2.24, 2.45) is 11.7 Å². The number of nitrogen functional groups attached to an aromatic ring is 1. The van der Waals surface area contributed by atoms with Crippen LogP contribution in [0.1, 0.15) is 43.6 Å². The Balaban J connectivity index is 2.51. The van der Waals surface area contributed by atoms with Gasteiger partial charge in [-0.25, -0.2) is 0 Å². The van der Waals surface area contributed by atoms with E-state index in [0.29, 0.717) is 12.0 Å². The molecule has 0 spiro atoms. The van der Waals surface area contributed by atoms with Crippen molar-refractivity contribution in [3.05, 3.63) is 23.0 Å². The third-order valence-electron chi connectivity index (χ3n) is 4.26. The zero-order chi connectivity index (χ0) is 14.2. The highest BCUT2D eigenvalue weighted by molar-refractivity contribution is 6.01. The van der Waals surface area contributed by atoms with Crippen LogP contribution in [0.3, 0.4) is 0 Å². The van der Waals surface area contributed by atoms with E-state index in [1.54, 1.807) is 0 Å². The summed E-state index contributed by atoms with van der Waals surface area (Å²) in [6.45, 7) is 9.53. The standard InChI is InChI=1S/C15H24N4/c1-9-6-5-7-19(12(9)4)13-8-10(2)18-11(3)14(13)15(16)17/h8-9,12H,5-7H2,1-4H3,(H3,16,17). The largest absolute Gasteiger partial charge is 0.384 e. The van der Waals surface area contributed by atoms with Crippen LogP contribution in [0.5, 0.6) is 0 Å². The SMILES string of the molecule is Cc1cc(N2CCCC(C)C2C)c(C(=N)N)c(C)n1. The number of aryl methyl sites for hydroxylation is 2. The van der Waals surface area contributed by atoms with E-state index in [-0.39, 0.29) is 5.84 Å². The zero-order valence-corrected chi connectivity index (χ0v) is 12.3. The molecule has 2 heterocycles. The van der Waals surface area contributed by atoms with Gasteiger partial charge in [-0.3, -0.25) is 10.4 Å². The lowest BCUT2D eigenvalue weighted by Gasteiger charge is -2.40. The zero-order valence-electron chi connectivity index (χ0n) is 12.3. The molecule has 2 rings (SSSR count). The van der Waals surface area contributed by atoms with Gasteiger partial charge in [-0.05, 0) is 45.6 Å². The normalized spacial score (nSPS) is 23.5. The van der Waals surface area contributed by atoms with Gasteiger partial charge in [-0.1, -0.05) is 6.92 Å². The molecule has 0 bridgehead atoms. The maximum atomic E-state index is 7.83. The molecule has 0 aliphatic carbocycles. The van der Waals surface area contributed by atoms with Crippen LogP contribution in [0.25, 0.3) is 0 Å². The Morgan fingerprint density at radius 3 is 2.74 bits per heavy atom. The first kappa shape index (κ1) is 13.8. The third kappa shape index (κ3) is 2.57. The van der Waals surface area contributed by atoms with E-state index in [1.165, 1.54) is 12.8 Å². The molecular weight excluding hydrogens is 236 g/mol.